The van der Waals surface area contributed by atoms with Crippen molar-refractivity contribution in [2.45, 2.75) is 53.0 Å². The van der Waals surface area contributed by atoms with Crippen LogP contribution in [0.4, 0.5) is 0 Å². The highest BCUT2D eigenvalue weighted by molar-refractivity contribution is 5.80. The Hall–Kier alpha value is -0.530. The summed E-state index contributed by atoms with van der Waals surface area (Å²) in [6.45, 7) is 8.64. The van der Waals surface area contributed by atoms with Crippen LogP contribution < -0.4 is 5.73 Å². The summed E-state index contributed by atoms with van der Waals surface area (Å²) in [6, 6.07) is 0.389. The number of nitrogens with zero attached hydrogens (tertiary/aromatic N) is 1. The van der Waals surface area contributed by atoms with Crippen LogP contribution in [-0.4, -0.2) is 11.9 Å². The van der Waals surface area contributed by atoms with Crippen LogP contribution in [0, 0.1) is 5.92 Å². The highest BCUT2D eigenvalue weighted by Gasteiger charge is 2.05. The highest BCUT2D eigenvalue weighted by Crippen LogP contribution is 2.11. The summed E-state index contributed by atoms with van der Waals surface area (Å²) in [6.07, 6.45) is 3.24. The number of nitrogens with two attached hydrogens (primary N) is 1. The zero-order valence-electron chi connectivity index (χ0n) is 8.80. The van der Waals surface area contributed by atoms with Gasteiger partial charge in [-0.2, -0.15) is 0 Å². The van der Waals surface area contributed by atoms with Gasteiger partial charge in [0, 0.05) is 12.5 Å². The smallest absolute Gasteiger partial charge is 0.0937 e. The van der Waals surface area contributed by atoms with Gasteiger partial charge in [-0.3, -0.25) is 4.99 Å². The Morgan fingerprint density at radius 2 is 1.92 bits per heavy atom. The lowest BCUT2D eigenvalue weighted by Gasteiger charge is -2.12. The minimum atomic E-state index is 0.389. The van der Waals surface area contributed by atoms with Crippen molar-refractivity contribution >= 4 is 5.84 Å². The summed E-state index contributed by atoms with van der Waals surface area (Å²) in [5.41, 5.74) is 5.64. The van der Waals surface area contributed by atoms with E-state index in [9.17, 15) is 0 Å². The molecule has 0 fully saturated rings. The average Bonchev–Trinajstić information content (AvgIpc) is 2.03. The first-order chi connectivity index (χ1) is 5.60. The summed E-state index contributed by atoms with van der Waals surface area (Å²) < 4.78 is 0. The van der Waals surface area contributed by atoms with Gasteiger partial charge in [0.1, 0.15) is 0 Å². The Kier molecular flexibility index (Phi) is 5.77. The summed E-state index contributed by atoms with van der Waals surface area (Å²) in [5, 5.41) is 0. The van der Waals surface area contributed by atoms with Crippen LogP contribution in [-0.2, 0) is 0 Å². The molecule has 0 rings (SSSR count). The second-order valence-electron chi connectivity index (χ2n) is 3.57. The van der Waals surface area contributed by atoms with E-state index in [4.69, 9.17) is 5.73 Å². The topological polar surface area (TPSA) is 38.4 Å². The molecule has 12 heavy (non-hydrogen) atoms. The molecule has 2 N–H and O–H groups in total. The molecule has 72 valence electrons. The molecular formula is C10H22N2. The molecule has 0 saturated heterocycles. The Morgan fingerprint density at radius 3 is 2.33 bits per heavy atom. The molecular weight excluding hydrogens is 148 g/mol. The maximum Gasteiger partial charge on any atom is 0.0937 e. The van der Waals surface area contributed by atoms with Crippen LogP contribution in [0.15, 0.2) is 4.99 Å². The largest absolute Gasteiger partial charge is 0.387 e. The average molecular weight is 170 g/mol. The zero-order chi connectivity index (χ0) is 9.56. The van der Waals surface area contributed by atoms with Crippen molar-refractivity contribution in [3.8, 4) is 0 Å². The first-order valence-corrected chi connectivity index (χ1v) is 4.92. The minimum absolute atomic E-state index is 0.389. The van der Waals surface area contributed by atoms with Gasteiger partial charge in [-0.25, -0.2) is 0 Å². The van der Waals surface area contributed by atoms with Crippen LogP contribution in [0.1, 0.15) is 47.0 Å². The third-order valence-electron chi connectivity index (χ3n) is 2.19. The van der Waals surface area contributed by atoms with E-state index in [0.717, 1.165) is 24.6 Å². The second kappa shape index (κ2) is 6.04. The molecule has 2 heteroatoms. The minimum Gasteiger partial charge on any atom is -0.387 e. The van der Waals surface area contributed by atoms with Gasteiger partial charge in [0.2, 0.25) is 0 Å². The van der Waals surface area contributed by atoms with E-state index in [1.54, 1.807) is 0 Å². The molecule has 0 aromatic rings. The zero-order valence-corrected chi connectivity index (χ0v) is 8.80. The molecule has 0 aromatic carbocycles. The molecule has 0 aliphatic carbocycles. The molecule has 2 nitrogen and oxygen atoms in total. The number of hydrogen-bond acceptors (Lipinski definition) is 1. The van der Waals surface area contributed by atoms with Crippen molar-refractivity contribution in [1.82, 2.24) is 0 Å². The molecule has 2 atom stereocenters. The Balaban J connectivity index is 3.80. The second-order valence-corrected chi connectivity index (χ2v) is 3.57. The van der Waals surface area contributed by atoms with E-state index >= 15 is 0 Å². The molecule has 0 aliphatic heterocycles. The maximum atomic E-state index is 5.64. The van der Waals surface area contributed by atoms with Crippen LogP contribution in [0.2, 0.25) is 0 Å². The number of rotatable bonds is 5. The molecule has 0 radical (unpaired) electrons. The quantitative estimate of drug-likeness (QED) is 0.500. The van der Waals surface area contributed by atoms with Gasteiger partial charge in [0.15, 0.2) is 0 Å². The van der Waals surface area contributed by atoms with Crippen molar-refractivity contribution in [3.05, 3.63) is 0 Å². The lowest BCUT2D eigenvalue weighted by Crippen LogP contribution is -2.15. The summed E-state index contributed by atoms with van der Waals surface area (Å²) in [4.78, 5) is 4.38. The molecule has 0 amide bonds. The first kappa shape index (κ1) is 11.5. The summed E-state index contributed by atoms with van der Waals surface area (Å²) in [5.74, 6) is 1.54. The Labute approximate surface area is 76.3 Å². The summed E-state index contributed by atoms with van der Waals surface area (Å²) >= 11 is 0. The SMILES string of the molecule is CCC(N)=NC(C)CC(C)CC. The van der Waals surface area contributed by atoms with Crippen molar-refractivity contribution in [3.63, 3.8) is 0 Å². The standard InChI is InChI=1S/C10H22N2/c1-5-8(3)7-9(4)12-10(11)6-2/h8-9H,5-7H2,1-4H3,(H2,11,12). The van der Waals surface area contributed by atoms with Gasteiger partial charge in [0.25, 0.3) is 0 Å². The molecule has 0 saturated carbocycles. The van der Waals surface area contributed by atoms with Crippen LogP contribution >= 0.6 is 0 Å². The van der Waals surface area contributed by atoms with Crippen molar-refractivity contribution in [2.24, 2.45) is 16.6 Å². The lowest BCUT2D eigenvalue weighted by molar-refractivity contribution is 0.470. The van der Waals surface area contributed by atoms with E-state index in [1.807, 2.05) is 6.92 Å². The number of aliphatic imine (C=N–C) groups is 1. The van der Waals surface area contributed by atoms with Crippen LogP contribution in [0.5, 0.6) is 0 Å². The van der Waals surface area contributed by atoms with E-state index in [-0.39, 0.29) is 0 Å². The van der Waals surface area contributed by atoms with Gasteiger partial charge >= 0.3 is 0 Å². The van der Waals surface area contributed by atoms with Gasteiger partial charge in [-0.05, 0) is 19.3 Å². The fourth-order valence-corrected chi connectivity index (χ4v) is 1.18. The molecule has 0 heterocycles. The van der Waals surface area contributed by atoms with Crippen molar-refractivity contribution in [2.75, 3.05) is 0 Å². The summed E-state index contributed by atoms with van der Waals surface area (Å²) in [7, 11) is 0. The molecule has 0 aromatic heterocycles. The van der Waals surface area contributed by atoms with Crippen molar-refractivity contribution < 1.29 is 0 Å². The predicted molar refractivity (Wildman–Crippen MR) is 55.4 cm³/mol. The van der Waals surface area contributed by atoms with Gasteiger partial charge in [0.05, 0.1) is 5.84 Å². The van der Waals surface area contributed by atoms with E-state index in [1.165, 1.54) is 6.42 Å². The molecule has 2 unspecified atom stereocenters. The maximum absolute atomic E-state index is 5.64. The normalized spacial score (nSPS) is 17.5. The fourth-order valence-electron chi connectivity index (χ4n) is 1.18. The Bertz CT molecular complexity index is 141. The van der Waals surface area contributed by atoms with Crippen molar-refractivity contribution in [1.29, 1.82) is 0 Å². The first-order valence-electron chi connectivity index (χ1n) is 4.92. The van der Waals surface area contributed by atoms with Gasteiger partial charge in [-0.1, -0.05) is 27.2 Å². The Morgan fingerprint density at radius 1 is 1.33 bits per heavy atom. The van der Waals surface area contributed by atoms with E-state index < -0.39 is 0 Å². The molecule has 0 bridgehead atoms. The molecule has 0 spiro atoms. The lowest BCUT2D eigenvalue weighted by atomic mass is 10.0. The van der Waals surface area contributed by atoms with Gasteiger partial charge < -0.3 is 5.73 Å². The third-order valence-corrected chi connectivity index (χ3v) is 2.19. The monoisotopic (exact) mass is 170 g/mol. The van der Waals surface area contributed by atoms with E-state index in [2.05, 4.69) is 25.8 Å². The van der Waals surface area contributed by atoms with Gasteiger partial charge in [-0.15, -0.1) is 0 Å². The number of amidine groups is 1. The molecule has 0 aliphatic rings. The highest BCUT2D eigenvalue weighted by atomic mass is 14.9. The van der Waals surface area contributed by atoms with Crippen LogP contribution in [0.3, 0.4) is 0 Å². The predicted octanol–water partition coefficient (Wildman–Crippen LogP) is 2.58. The number of hydrogen-bond donors (Lipinski definition) is 1. The van der Waals surface area contributed by atoms with E-state index in [0.29, 0.717) is 6.04 Å². The fraction of sp³-hybridized carbons (Fsp3) is 0.900. The van der Waals surface area contributed by atoms with Crippen LogP contribution in [0.25, 0.3) is 0 Å². The third kappa shape index (κ3) is 5.16.